The van der Waals surface area contributed by atoms with Crippen LogP contribution in [0.5, 0.6) is 0 Å². The lowest BCUT2D eigenvalue weighted by molar-refractivity contribution is 0.0697. The molecule has 1 aliphatic rings. The highest BCUT2D eigenvalue weighted by molar-refractivity contribution is 6.03. The zero-order valence-electron chi connectivity index (χ0n) is 12.4. The summed E-state index contributed by atoms with van der Waals surface area (Å²) in [6.07, 6.45) is 8.16. The fourth-order valence-electron chi connectivity index (χ4n) is 3.32. The van der Waals surface area contributed by atoms with E-state index in [9.17, 15) is 9.90 Å². The molecule has 0 saturated heterocycles. The maximum atomic E-state index is 11.5. The van der Waals surface area contributed by atoms with Crippen LogP contribution in [-0.2, 0) is 7.05 Å². The van der Waals surface area contributed by atoms with E-state index in [0.717, 1.165) is 17.6 Å². The predicted molar refractivity (Wildman–Crippen MR) is 80.7 cm³/mol. The van der Waals surface area contributed by atoms with Crippen LogP contribution < -0.4 is 4.90 Å². The first-order valence-electron chi connectivity index (χ1n) is 7.33. The van der Waals surface area contributed by atoms with Gasteiger partial charge in [-0.15, -0.1) is 0 Å². The van der Waals surface area contributed by atoms with Crippen molar-refractivity contribution in [2.75, 3.05) is 18.5 Å². The SMILES string of the molecule is CN(CC1CCCC1)c1c(C(=O)O)cnc2c1cnn2C. The fourth-order valence-corrected chi connectivity index (χ4v) is 3.32. The van der Waals surface area contributed by atoms with Crippen LogP contribution >= 0.6 is 0 Å². The largest absolute Gasteiger partial charge is 0.478 e. The van der Waals surface area contributed by atoms with Crippen molar-refractivity contribution in [2.45, 2.75) is 25.7 Å². The number of rotatable bonds is 4. The van der Waals surface area contributed by atoms with Gasteiger partial charge in [-0.3, -0.25) is 4.68 Å². The monoisotopic (exact) mass is 288 g/mol. The molecule has 6 nitrogen and oxygen atoms in total. The molecule has 0 amide bonds. The van der Waals surface area contributed by atoms with E-state index in [1.807, 2.05) is 14.1 Å². The lowest BCUT2D eigenvalue weighted by Crippen LogP contribution is -2.26. The number of anilines is 1. The number of hydrogen-bond acceptors (Lipinski definition) is 4. The normalized spacial score (nSPS) is 15.7. The summed E-state index contributed by atoms with van der Waals surface area (Å²) in [5.74, 6) is -0.293. The Bertz CT molecular complexity index is 674. The third kappa shape index (κ3) is 2.46. The van der Waals surface area contributed by atoms with Crippen LogP contribution in [0.4, 0.5) is 5.69 Å². The summed E-state index contributed by atoms with van der Waals surface area (Å²) < 4.78 is 1.67. The number of carboxylic acid groups (broad SMARTS) is 1. The van der Waals surface area contributed by atoms with E-state index < -0.39 is 5.97 Å². The van der Waals surface area contributed by atoms with Gasteiger partial charge in [0.1, 0.15) is 5.56 Å². The van der Waals surface area contributed by atoms with E-state index in [0.29, 0.717) is 11.6 Å². The summed E-state index contributed by atoms with van der Waals surface area (Å²) in [5, 5.41) is 14.5. The first kappa shape index (κ1) is 13.9. The second-order valence-corrected chi connectivity index (χ2v) is 5.86. The summed E-state index contributed by atoms with van der Waals surface area (Å²) in [6, 6.07) is 0. The minimum Gasteiger partial charge on any atom is -0.478 e. The summed E-state index contributed by atoms with van der Waals surface area (Å²) in [4.78, 5) is 17.8. The first-order chi connectivity index (χ1) is 10.1. The van der Waals surface area contributed by atoms with Crippen molar-refractivity contribution in [3.8, 4) is 0 Å². The lowest BCUT2D eigenvalue weighted by atomic mass is 10.1. The first-order valence-corrected chi connectivity index (χ1v) is 7.33. The maximum Gasteiger partial charge on any atom is 0.339 e. The average molecular weight is 288 g/mol. The number of fused-ring (bicyclic) bond motifs is 1. The van der Waals surface area contributed by atoms with Gasteiger partial charge in [0.25, 0.3) is 0 Å². The molecule has 0 unspecified atom stereocenters. The third-order valence-corrected chi connectivity index (χ3v) is 4.35. The Balaban J connectivity index is 2.04. The molecule has 3 rings (SSSR count). The van der Waals surface area contributed by atoms with Gasteiger partial charge in [-0.25, -0.2) is 9.78 Å². The van der Waals surface area contributed by atoms with Crippen molar-refractivity contribution in [3.63, 3.8) is 0 Å². The van der Waals surface area contributed by atoms with E-state index in [2.05, 4.69) is 15.0 Å². The van der Waals surface area contributed by atoms with Crippen LogP contribution in [0.2, 0.25) is 0 Å². The minimum absolute atomic E-state index is 0.246. The number of aromatic nitrogens is 3. The molecule has 2 heterocycles. The molecule has 0 bridgehead atoms. The van der Waals surface area contributed by atoms with Crippen molar-refractivity contribution in [2.24, 2.45) is 13.0 Å². The number of aromatic carboxylic acids is 1. The highest BCUT2D eigenvalue weighted by Gasteiger charge is 2.23. The van der Waals surface area contributed by atoms with Crippen molar-refractivity contribution >= 4 is 22.7 Å². The molecule has 0 radical (unpaired) electrons. The smallest absolute Gasteiger partial charge is 0.339 e. The van der Waals surface area contributed by atoms with Crippen LogP contribution in [0.1, 0.15) is 36.0 Å². The van der Waals surface area contributed by atoms with Crippen molar-refractivity contribution < 1.29 is 9.90 Å². The van der Waals surface area contributed by atoms with Crippen molar-refractivity contribution in [1.82, 2.24) is 14.8 Å². The number of carboxylic acids is 1. The molecule has 1 aliphatic carbocycles. The van der Waals surface area contributed by atoms with Crippen LogP contribution in [0.25, 0.3) is 11.0 Å². The molecule has 21 heavy (non-hydrogen) atoms. The molecule has 0 atom stereocenters. The Morgan fingerprint density at radius 3 is 2.81 bits per heavy atom. The standard InChI is InChI=1S/C15H20N4O2/c1-18(9-10-5-3-4-6-10)13-11-8-17-19(2)14(11)16-7-12(13)15(20)21/h7-8,10H,3-6,9H2,1-2H3,(H,20,21). The molecule has 1 fully saturated rings. The zero-order valence-corrected chi connectivity index (χ0v) is 12.4. The summed E-state index contributed by atoms with van der Waals surface area (Å²) >= 11 is 0. The van der Waals surface area contributed by atoms with E-state index in [1.54, 1.807) is 10.9 Å². The molecule has 2 aromatic heterocycles. The predicted octanol–water partition coefficient (Wildman–Crippen LogP) is 2.29. The topological polar surface area (TPSA) is 71.2 Å². The second kappa shape index (κ2) is 5.35. The number of pyridine rings is 1. The summed E-state index contributed by atoms with van der Waals surface area (Å²) in [5.41, 5.74) is 1.69. The molecule has 1 saturated carbocycles. The minimum atomic E-state index is -0.943. The molecule has 2 aromatic rings. The Hall–Kier alpha value is -2.11. The van der Waals surface area contributed by atoms with Crippen LogP contribution in [-0.4, -0.2) is 39.4 Å². The van der Waals surface area contributed by atoms with Gasteiger partial charge in [-0.1, -0.05) is 12.8 Å². The van der Waals surface area contributed by atoms with Gasteiger partial charge in [0.15, 0.2) is 5.65 Å². The average Bonchev–Trinajstić information content (AvgIpc) is 3.08. The molecular formula is C15H20N4O2. The van der Waals surface area contributed by atoms with Gasteiger partial charge in [-0.2, -0.15) is 5.10 Å². The van der Waals surface area contributed by atoms with Crippen molar-refractivity contribution in [3.05, 3.63) is 18.0 Å². The molecule has 6 heteroatoms. The number of hydrogen-bond donors (Lipinski definition) is 1. The van der Waals surface area contributed by atoms with E-state index >= 15 is 0 Å². The van der Waals surface area contributed by atoms with Crippen LogP contribution in [0, 0.1) is 5.92 Å². The second-order valence-electron chi connectivity index (χ2n) is 5.86. The molecule has 0 aliphatic heterocycles. The van der Waals surface area contributed by atoms with Crippen LogP contribution in [0.3, 0.4) is 0 Å². The van der Waals surface area contributed by atoms with E-state index in [4.69, 9.17) is 0 Å². The Morgan fingerprint density at radius 2 is 2.14 bits per heavy atom. The van der Waals surface area contributed by atoms with Crippen LogP contribution in [0.15, 0.2) is 12.4 Å². The molecule has 0 spiro atoms. The van der Waals surface area contributed by atoms with Gasteiger partial charge in [-0.05, 0) is 18.8 Å². The third-order valence-electron chi connectivity index (χ3n) is 4.35. The quantitative estimate of drug-likeness (QED) is 0.934. The van der Waals surface area contributed by atoms with Gasteiger partial charge < -0.3 is 10.0 Å². The maximum absolute atomic E-state index is 11.5. The van der Waals surface area contributed by atoms with Gasteiger partial charge >= 0.3 is 5.97 Å². The molecular weight excluding hydrogens is 268 g/mol. The van der Waals surface area contributed by atoms with Crippen molar-refractivity contribution in [1.29, 1.82) is 0 Å². The molecule has 1 N–H and O–H groups in total. The molecule has 0 aromatic carbocycles. The number of carbonyl (C=O) groups is 1. The highest BCUT2D eigenvalue weighted by atomic mass is 16.4. The fraction of sp³-hybridized carbons (Fsp3) is 0.533. The van der Waals surface area contributed by atoms with Gasteiger partial charge in [0, 0.05) is 26.8 Å². The summed E-state index contributed by atoms with van der Waals surface area (Å²) in [6.45, 7) is 0.883. The molecule has 112 valence electrons. The Labute approximate surface area is 123 Å². The summed E-state index contributed by atoms with van der Waals surface area (Å²) in [7, 11) is 3.78. The van der Waals surface area contributed by atoms with Gasteiger partial charge in [0.2, 0.25) is 0 Å². The zero-order chi connectivity index (χ0) is 15.0. The van der Waals surface area contributed by atoms with Gasteiger partial charge in [0.05, 0.1) is 17.3 Å². The number of nitrogens with zero attached hydrogens (tertiary/aromatic N) is 4. The van der Waals surface area contributed by atoms with E-state index in [1.165, 1.54) is 31.9 Å². The Kier molecular flexibility index (Phi) is 3.53. The number of aryl methyl sites for hydroxylation is 1. The Morgan fingerprint density at radius 1 is 1.43 bits per heavy atom. The lowest BCUT2D eigenvalue weighted by Gasteiger charge is -2.25. The van der Waals surface area contributed by atoms with E-state index in [-0.39, 0.29) is 5.56 Å². The highest BCUT2D eigenvalue weighted by Crippen LogP contribution is 2.32.